The highest BCUT2D eigenvalue weighted by Crippen LogP contribution is 2.36. The fourth-order valence-electron chi connectivity index (χ4n) is 3.71. The van der Waals surface area contributed by atoms with Crippen LogP contribution in [0.15, 0.2) is 66.7 Å². The number of fused-ring (bicyclic) bond motifs is 1. The third-order valence-electron chi connectivity index (χ3n) is 5.49. The van der Waals surface area contributed by atoms with E-state index < -0.39 is 18.1 Å². The summed E-state index contributed by atoms with van der Waals surface area (Å²) in [6, 6.07) is 18.9. The van der Waals surface area contributed by atoms with Crippen molar-refractivity contribution in [2.24, 2.45) is 0 Å². The average Bonchev–Trinajstić information content (AvgIpc) is 2.89. The number of carbonyl (C=O) groups excluding carboxylic acids is 2. The molecule has 4 rings (SSSR count). The third kappa shape index (κ3) is 6.45. The molecule has 0 saturated heterocycles. The Bertz CT molecular complexity index is 1160. The van der Waals surface area contributed by atoms with Crippen LogP contribution in [0.4, 0.5) is 4.39 Å². The summed E-state index contributed by atoms with van der Waals surface area (Å²) in [5.41, 5.74) is 2.28. The Morgan fingerprint density at radius 1 is 1.03 bits per heavy atom. The Labute approximate surface area is 203 Å². The van der Waals surface area contributed by atoms with E-state index in [0.29, 0.717) is 34.8 Å². The lowest BCUT2D eigenvalue weighted by Gasteiger charge is -2.28. The second-order valence-corrected chi connectivity index (χ2v) is 8.18. The minimum atomic E-state index is -0.639. The SMILES string of the molecule is CCCOc1ccc(C(=O)CCC(=O)OCc2cc(F)cc3c2OC(c2ccccc2)OC3)cc1. The molecule has 182 valence electrons. The smallest absolute Gasteiger partial charge is 0.306 e. The standard InChI is InChI=1S/C28H27FO6/c1-2-14-32-24-10-8-19(9-11-24)25(30)12-13-26(31)33-17-21-15-23(29)16-22-18-34-28(35-27(21)22)20-6-4-3-5-7-20/h3-11,15-16,28H,2,12-14,17-18H2,1H3. The summed E-state index contributed by atoms with van der Waals surface area (Å²) in [7, 11) is 0. The lowest BCUT2D eigenvalue weighted by molar-refractivity contribution is -0.145. The third-order valence-corrected chi connectivity index (χ3v) is 5.49. The van der Waals surface area contributed by atoms with E-state index in [0.717, 1.165) is 12.0 Å². The molecule has 1 aliphatic rings. The molecule has 0 radical (unpaired) electrons. The van der Waals surface area contributed by atoms with Gasteiger partial charge >= 0.3 is 5.97 Å². The summed E-state index contributed by atoms with van der Waals surface area (Å²) >= 11 is 0. The first-order valence-electron chi connectivity index (χ1n) is 11.6. The van der Waals surface area contributed by atoms with Crippen LogP contribution in [-0.2, 0) is 27.5 Å². The molecule has 0 N–H and O–H groups in total. The zero-order valence-electron chi connectivity index (χ0n) is 19.5. The van der Waals surface area contributed by atoms with Gasteiger partial charge in [0, 0.05) is 28.7 Å². The van der Waals surface area contributed by atoms with Crippen molar-refractivity contribution in [1.29, 1.82) is 0 Å². The molecule has 0 spiro atoms. The topological polar surface area (TPSA) is 71.1 Å². The van der Waals surface area contributed by atoms with Crippen molar-refractivity contribution in [1.82, 2.24) is 0 Å². The van der Waals surface area contributed by atoms with E-state index in [1.165, 1.54) is 12.1 Å². The molecule has 3 aromatic carbocycles. The van der Waals surface area contributed by atoms with Gasteiger partial charge in [-0.25, -0.2) is 4.39 Å². The number of carbonyl (C=O) groups is 2. The van der Waals surface area contributed by atoms with Crippen LogP contribution >= 0.6 is 0 Å². The van der Waals surface area contributed by atoms with E-state index in [4.69, 9.17) is 18.9 Å². The lowest BCUT2D eigenvalue weighted by atomic mass is 10.1. The minimum absolute atomic E-state index is 0.00960. The van der Waals surface area contributed by atoms with Gasteiger partial charge in [0.05, 0.1) is 19.6 Å². The van der Waals surface area contributed by atoms with Gasteiger partial charge in [-0.1, -0.05) is 37.3 Å². The first-order chi connectivity index (χ1) is 17.0. The number of esters is 1. The summed E-state index contributed by atoms with van der Waals surface area (Å²) in [4.78, 5) is 24.7. The van der Waals surface area contributed by atoms with E-state index in [1.54, 1.807) is 24.3 Å². The van der Waals surface area contributed by atoms with E-state index in [1.807, 2.05) is 37.3 Å². The quantitative estimate of drug-likeness (QED) is 0.266. The van der Waals surface area contributed by atoms with Gasteiger partial charge in [-0.2, -0.15) is 0 Å². The van der Waals surface area contributed by atoms with Gasteiger partial charge in [-0.15, -0.1) is 0 Å². The van der Waals surface area contributed by atoms with Crippen molar-refractivity contribution >= 4 is 11.8 Å². The second-order valence-electron chi connectivity index (χ2n) is 8.18. The number of Topliss-reactive ketones (excluding diaryl/α,β-unsaturated/α-hetero) is 1. The van der Waals surface area contributed by atoms with Crippen LogP contribution in [0, 0.1) is 5.82 Å². The molecule has 1 atom stereocenters. The van der Waals surface area contributed by atoms with Crippen molar-refractivity contribution in [3.8, 4) is 11.5 Å². The Kier molecular flexibility index (Phi) is 8.11. The molecule has 0 amide bonds. The molecule has 0 saturated carbocycles. The van der Waals surface area contributed by atoms with Crippen LogP contribution in [0.2, 0.25) is 0 Å². The van der Waals surface area contributed by atoms with Crippen molar-refractivity contribution in [2.45, 2.75) is 45.7 Å². The molecule has 0 aromatic heterocycles. The van der Waals surface area contributed by atoms with Crippen molar-refractivity contribution in [3.63, 3.8) is 0 Å². The van der Waals surface area contributed by atoms with Gasteiger partial charge in [0.15, 0.2) is 5.78 Å². The van der Waals surface area contributed by atoms with E-state index in [9.17, 15) is 14.0 Å². The number of ether oxygens (including phenoxy) is 4. The van der Waals surface area contributed by atoms with Crippen LogP contribution in [0.5, 0.6) is 11.5 Å². The summed E-state index contributed by atoms with van der Waals surface area (Å²) in [6.45, 7) is 2.63. The summed E-state index contributed by atoms with van der Waals surface area (Å²) < 4.78 is 36.7. The second kappa shape index (κ2) is 11.6. The maximum Gasteiger partial charge on any atom is 0.306 e. The number of benzene rings is 3. The Morgan fingerprint density at radius 2 is 1.80 bits per heavy atom. The number of ketones is 1. The molecule has 35 heavy (non-hydrogen) atoms. The van der Waals surface area contributed by atoms with Gasteiger partial charge in [0.25, 0.3) is 0 Å². The maximum absolute atomic E-state index is 14.1. The van der Waals surface area contributed by atoms with E-state index in [2.05, 4.69) is 0 Å². The zero-order chi connectivity index (χ0) is 24.6. The van der Waals surface area contributed by atoms with Gasteiger partial charge < -0.3 is 18.9 Å². The highest BCUT2D eigenvalue weighted by atomic mass is 19.1. The number of hydrogen-bond donors (Lipinski definition) is 0. The molecule has 1 unspecified atom stereocenters. The predicted molar refractivity (Wildman–Crippen MR) is 127 cm³/mol. The Balaban J connectivity index is 1.33. The molecular weight excluding hydrogens is 451 g/mol. The van der Waals surface area contributed by atoms with Crippen molar-refractivity contribution in [3.05, 3.63) is 94.8 Å². The van der Waals surface area contributed by atoms with Crippen LogP contribution < -0.4 is 9.47 Å². The van der Waals surface area contributed by atoms with Crippen LogP contribution in [-0.4, -0.2) is 18.4 Å². The minimum Gasteiger partial charge on any atom is -0.494 e. The highest BCUT2D eigenvalue weighted by Gasteiger charge is 2.25. The fraction of sp³-hybridized carbons (Fsp3) is 0.286. The molecule has 1 aliphatic heterocycles. The molecule has 3 aromatic rings. The van der Waals surface area contributed by atoms with Crippen molar-refractivity contribution in [2.75, 3.05) is 6.61 Å². The lowest BCUT2D eigenvalue weighted by Crippen LogP contribution is -2.20. The largest absolute Gasteiger partial charge is 0.494 e. The molecule has 7 heteroatoms. The van der Waals surface area contributed by atoms with Crippen LogP contribution in [0.25, 0.3) is 0 Å². The molecule has 0 aliphatic carbocycles. The summed E-state index contributed by atoms with van der Waals surface area (Å²) in [6.07, 6.45) is 0.186. The van der Waals surface area contributed by atoms with Crippen molar-refractivity contribution < 1.29 is 32.9 Å². The first-order valence-corrected chi connectivity index (χ1v) is 11.6. The Hall–Kier alpha value is -3.71. The fourth-order valence-corrected chi connectivity index (χ4v) is 3.71. The van der Waals surface area contributed by atoms with Gasteiger partial charge in [-0.05, 0) is 42.8 Å². The summed E-state index contributed by atoms with van der Waals surface area (Å²) in [5, 5.41) is 0. The molecule has 0 bridgehead atoms. The van der Waals surface area contributed by atoms with Crippen LogP contribution in [0.3, 0.4) is 0 Å². The van der Waals surface area contributed by atoms with Gasteiger partial charge in [0.1, 0.15) is 23.9 Å². The number of halogens is 1. The number of rotatable bonds is 10. The first kappa shape index (κ1) is 24.4. The monoisotopic (exact) mass is 478 g/mol. The van der Waals surface area contributed by atoms with Crippen LogP contribution in [0.1, 0.15) is 59.5 Å². The molecule has 1 heterocycles. The predicted octanol–water partition coefficient (Wildman–Crippen LogP) is 5.93. The molecular formula is C28H27FO6. The maximum atomic E-state index is 14.1. The van der Waals surface area contributed by atoms with Gasteiger partial charge in [0.2, 0.25) is 6.29 Å². The number of hydrogen-bond acceptors (Lipinski definition) is 6. The normalized spacial score (nSPS) is 14.5. The molecule has 0 fully saturated rings. The zero-order valence-corrected chi connectivity index (χ0v) is 19.5. The highest BCUT2D eigenvalue weighted by molar-refractivity contribution is 5.97. The molecule has 6 nitrogen and oxygen atoms in total. The van der Waals surface area contributed by atoms with Gasteiger partial charge in [-0.3, -0.25) is 9.59 Å². The van der Waals surface area contributed by atoms with E-state index >= 15 is 0 Å². The van der Waals surface area contributed by atoms with E-state index in [-0.39, 0.29) is 31.8 Å². The summed E-state index contributed by atoms with van der Waals surface area (Å²) in [5.74, 6) is -0.0462. The average molecular weight is 479 g/mol. The Morgan fingerprint density at radius 3 is 2.54 bits per heavy atom.